The molecule has 0 aliphatic heterocycles. The summed E-state index contributed by atoms with van der Waals surface area (Å²) in [7, 11) is 0. The smallest absolute Gasteiger partial charge is 0.339 e. The molecular formula is C30H12F30O6. The van der Waals surface area contributed by atoms with Gasteiger partial charge in [-0.05, 0) is 0 Å². The summed E-state index contributed by atoms with van der Waals surface area (Å²) in [6.45, 7) is -2.79. The van der Waals surface area contributed by atoms with Crippen LogP contribution in [0.1, 0.15) is 0 Å². The van der Waals surface area contributed by atoms with Gasteiger partial charge in [0.1, 0.15) is 0 Å². The van der Waals surface area contributed by atoms with Crippen LogP contribution in [0.2, 0.25) is 0 Å². The van der Waals surface area contributed by atoms with Crippen molar-refractivity contribution in [2.24, 2.45) is 0 Å². The standard InChI is InChI=1S/C30H12F30O6/c1-3-9(61)65-7(5-63-17-25(49,50)11(31)19(37,38)12(32,26(17,51)52)21(41,42)13(33,20(11,39)40)27(17,53)54)8(66-10(62)4-2)6-64-18-28(55,56)14(34)22(43,44)15(35,29(18,57)58)24(47,48)16(36,23(14,45)46)30(18,59)60/h3-4,7-8H,1-2,5-6H2. The minimum Gasteiger partial charge on any atom is -0.453 e. The van der Waals surface area contributed by atoms with E-state index in [2.05, 4.69) is 32.1 Å². The third-order valence-corrected chi connectivity index (χ3v) is 12.7. The Morgan fingerprint density at radius 2 is 0.470 bits per heavy atom. The zero-order chi connectivity index (χ0) is 52.0. The van der Waals surface area contributed by atoms with Gasteiger partial charge in [-0.15, -0.1) is 0 Å². The van der Waals surface area contributed by atoms with E-state index in [4.69, 9.17) is 0 Å². The minimum absolute atomic E-state index is 0.484. The first-order valence-electron chi connectivity index (χ1n) is 16.5. The monoisotopic (exact) mass is 1040 g/mol. The molecule has 2 unspecified atom stereocenters. The van der Waals surface area contributed by atoms with Crippen molar-refractivity contribution >= 4 is 11.9 Å². The molecule has 0 heterocycles. The molecule has 8 saturated carbocycles. The lowest BCUT2D eigenvalue weighted by Crippen LogP contribution is -3.10. The van der Waals surface area contributed by atoms with Crippen LogP contribution in [0.5, 0.6) is 0 Å². The molecular weight excluding hydrogens is 1030 g/mol. The van der Waals surface area contributed by atoms with Crippen LogP contribution in [0.4, 0.5) is 132 Å². The topological polar surface area (TPSA) is 71.1 Å². The number of carbonyl (C=O) groups is 2. The predicted molar refractivity (Wildman–Crippen MR) is 140 cm³/mol. The molecule has 0 N–H and O–H groups in total. The quantitative estimate of drug-likeness (QED) is 0.117. The van der Waals surface area contributed by atoms with Crippen LogP contribution in [0, 0.1) is 0 Å². The average Bonchev–Trinajstić information content (AvgIpc) is 3.16. The van der Waals surface area contributed by atoms with Gasteiger partial charge in [0.15, 0.2) is 12.2 Å². The molecule has 2 atom stereocenters. The van der Waals surface area contributed by atoms with Gasteiger partial charge in [-0.1, -0.05) is 13.2 Å². The number of ether oxygens (including phenoxy) is 4. The lowest BCUT2D eigenvalue weighted by molar-refractivity contribution is -0.620. The second-order valence-electron chi connectivity index (χ2n) is 15.2. The summed E-state index contributed by atoms with van der Waals surface area (Å²) in [5, 5.41) is 0. The van der Waals surface area contributed by atoms with E-state index in [1.54, 1.807) is 0 Å². The lowest BCUT2D eigenvalue weighted by Gasteiger charge is -2.74. The second-order valence-corrected chi connectivity index (χ2v) is 15.2. The van der Waals surface area contributed by atoms with E-state index in [1.165, 1.54) is 0 Å². The van der Waals surface area contributed by atoms with Crippen LogP contribution in [-0.4, -0.2) is 154 Å². The van der Waals surface area contributed by atoms with Crippen molar-refractivity contribution in [3.8, 4) is 0 Å². The molecule has 0 radical (unpaired) electrons. The van der Waals surface area contributed by atoms with Gasteiger partial charge in [-0.2, -0.15) is 105 Å². The Morgan fingerprint density at radius 3 is 0.606 bits per heavy atom. The third-order valence-electron chi connectivity index (χ3n) is 12.7. The summed E-state index contributed by atoms with van der Waals surface area (Å²) in [5.74, 6) is -108. The van der Waals surface area contributed by atoms with Gasteiger partial charge in [0.05, 0.1) is 13.2 Å². The molecule has 8 aliphatic carbocycles. The molecule has 378 valence electrons. The molecule has 0 spiro atoms. The Hall–Kier alpha value is -3.76. The van der Waals surface area contributed by atoms with Gasteiger partial charge < -0.3 is 18.9 Å². The van der Waals surface area contributed by atoms with Crippen molar-refractivity contribution in [1.82, 2.24) is 0 Å². The summed E-state index contributed by atoms with van der Waals surface area (Å²) in [4.78, 5) is 24.2. The summed E-state index contributed by atoms with van der Waals surface area (Å²) in [6.07, 6.45) is -9.82. The highest BCUT2D eigenvalue weighted by molar-refractivity contribution is 5.82. The first kappa shape index (κ1) is 51.6. The van der Waals surface area contributed by atoms with Crippen molar-refractivity contribution < 1.29 is 160 Å². The number of carbonyl (C=O) groups excluding carboxylic acids is 2. The van der Waals surface area contributed by atoms with Crippen molar-refractivity contribution in [2.75, 3.05) is 13.2 Å². The first-order valence-corrected chi connectivity index (χ1v) is 16.5. The maximum atomic E-state index is 15.7. The first-order chi connectivity index (χ1) is 28.9. The molecule has 66 heavy (non-hydrogen) atoms. The number of hydrogen-bond acceptors (Lipinski definition) is 6. The Kier molecular flexibility index (Phi) is 9.37. The van der Waals surface area contributed by atoms with Crippen molar-refractivity contribution in [1.29, 1.82) is 0 Å². The zero-order valence-corrected chi connectivity index (χ0v) is 29.9. The van der Waals surface area contributed by atoms with E-state index in [0.717, 1.165) is 0 Å². The Morgan fingerprint density at radius 1 is 0.318 bits per heavy atom. The van der Waals surface area contributed by atoms with Gasteiger partial charge in [-0.3, -0.25) is 0 Å². The Labute approximate surface area is 340 Å². The Bertz CT molecular complexity index is 1810. The molecule has 36 heteroatoms. The molecule has 0 saturated heterocycles. The fourth-order valence-electron chi connectivity index (χ4n) is 9.40. The van der Waals surface area contributed by atoms with E-state index < -0.39 is 166 Å². The maximum absolute atomic E-state index is 15.7. The van der Waals surface area contributed by atoms with Crippen LogP contribution in [0.15, 0.2) is 25.3 Å². The summed E-state index contributed by atoms with van der Waals surface area (Å²) < 4.78 is 475. The molecule has 0 amide bonds. The molecule has 8 aliphatic rings. The van der Waals surface area contributed by atoms with Gasteiger partial charge in [0.2, 0.25) is 0 Å². The normalized spacial score (nSPS) is 45.6. The fraction of sp³-hybridized carbons (Fsp3) is 0.800. The highest BCUT2D eigenvalue weighted by Crippen LogP contribution is 2.91. The summed E-state index contributed by atoms with van der Waals surface area (Å²) >= 11 is 0. The lowest BCUT2D eigenvalue weighted by atomic mass is 9.40. The number of rotatable bonds is 11. The van der Waals surface area contributed by atoms with E-state index in [9.17, 15) is 62.3 Å². The third kappa shape index (κ3) is 3.66. The van der Waals surface area contributed by atoms with Gasteiger partial charge in [0, 0.05) is 12.2 Å². The molecule has 8 bridgehead atoms. The second kappa shape index (κ2) is 12.0. The summed E-state index contributed by atoms with van der Waals surface area (Å²) in [5.41, 5.74) is -67.0. The molecule has 0 aromatic heterocycles. The Balaban J connectivity index is 1.59. The molecule has 0 aromatic rings. The van der Waals surface area contributed by atoms with Crippen LogP contribution in [0.3, 0.4) is 0 Å². The average molecular weight is 1040 g/mol. The molecule has 0 aromatic carbocycles. The van der Waals surface area contributed by atoms with Crippen LogP contribution in [-0.2, 0) is 28.5 Å². The van der Waals surface area contributed by atoms with E-state index in [-0.39, 0.29) is 0 Å². The zero-order valence-electron chi connectivity index (χ0n) is 29.9. The van der Waals surface area contributed by atoms with Crippen molar-refractivity contribution in [3.63, 3.8) is 0 Å². The largest absolute Gasteiger partial charge is 0.453 e. The number of halogens is 30. The SMILES string of the molecule is C=CC(=O)OC(COC12C(F)(F)C3(F)C(F)(F)C(F)(C(F)(F)C(F)(C3(F)F)C1(F)F)C2(F)F)C(COC12C(F)(F)C3(F)C(F)(F)C(F)(C(F)(F)C(F)(C3(F)F)C1(F)F)C2(F)F)OC(=O)C=C. The summed E-state index contributed by atoms with van der Waals surface area (Å²) in [6, 6.07) is 0. The highest BCUT2D eigenvalue weighted by atomic mass is 19.4. The molecule has 6 nitrogen and oxygen atoms in total. The van der Waals surface area contributed by atoms with Crippen LogP contribution >= 0.6 is 0 Å². The maximum Gasteiger partial charge on any atom is 0.339 e. The van der Waals surface area contributed by atoms with E-state index >= 15 is 79.0 Å². The number of hydrogen-bond donors (Lipinski definition) is 0. The van der Waals surface area contributed by atoms with E-state index in [0.29, 0.717) is 0 Å². The van der Waals surface area contributed by atoms with Crippen LogP contribution < -0.4 is 0 Å². The highest BCUT2D eigenvalue weighted by Gasteiger charge is 3.25. The number of alkyl halides is 30. The minimum atomic E-state index is -8.54. The predicted octanol–water partition coefficient (Wildman–Crippen LogP) is 8.65. The fourth-order valence-corrected chi connectivity index (χ4v) is 9.40. The van der Waals surface area contributed by atoms with Gasteiger partial charge in [0.25, 0.3) is 11.2 Å². The van der Waals surface area contributed by atoms with Gasteiger partial charge in [-0.25, -0.2) is 35.9 Å². The van der Waals surface area contributed by atoms with Crippen LogP contribution in [0.25, 0.3) is 0 Å². The number of esters is 2. The van der Waals surface area contributed by atoms with Crippen molar-refractivity contribution in [3.05, 3.63) is 25.3 Å². The molecule has 8 fully saturated rings. The van der Waals surface area contributed by atoms with E-state index in [1.807, 2.05) is 0 Å². The molecule has 8 rings (SSSR count). The van der Waals surface area contributed by atoms with Crippen molar-refractivity contribution in [2.45, 2.75) is 128 Å². The van der Waals surface area contributed by atoms with Gasteiger partial charge >= 0.3 is 117 Å².